The average Bonchev–Trinajstić information content (AvgIpc) is 2.46. The fourth-order valence-corrected chi connectivity index (χ4v) is 1.60. The summed E-state index contributed by atoms with van der Waals surface area (Å²) in [6.07, 6.45) is 4.46. The van der Waals surface area contributed by atoms with Gasteiger partial charge in [0.05, 0.1) is 12.8 Å². The summed E-state index contributed by atoms with van der Waals surface area (Å²) in [5.74, 6) is 0.559. The van der Waals surface area contributed by atoms with Crippen molar-refractivity contribution in [1.82, 2.24) is 15.3 Å². The van der Waals surface area contributed by atoms with Crippen LogP contribution in [-0.4, -0.2) is 22.5 Å². The third-order valence-corrected chi connectivity index (χ3v) is 2.46. The smallest absolute Gasteiger partial charge is 0.271 e. The lowest BCUT2D eigenvalue weighted by Gasteiger charge is -2.07. The zero-order chi connectivity index (χ0) is 13.5. The predicted molar refractivity (Wildman–Crippen MR) is 70.8 cm³/mol. The average molecular weight is 257 g/mol. The van der Waals surface area contributed by atoms with E-state index in [-0.39, 0.29) is 5.91 Å². The van der Waals surface area contributed by atoms with Crippen LogP contribution in [0.1, 0.15) is 23.0 Å². The summed E-state index contributed by atoms with van der Waals surface area (Å²) < 4.78 is 5.40. The van der Waals surface area contributed by atoms with E-state index >= 15 is 0 Å². The molecule has 1 N–H and O–H groups in total. The van der Waals surface area contributed by atoms with E-state index in [2.05, 4.69) is 15.3 Å². The van der Waals surface area contributed by atoms with Gasteiger partial charge >= 0.3 is 0 Å². The molecule has 5 nitrogen and oxygen atoms in total. The fourth-order valence-electron chi connectivity index (χ4n) is 1.60. The van der Waals surface area contributed by atoms with E-state index in [0.29, 0.717) is 18.8 Å². The summed E-state index contributed by atoms with van der Waals surface area (Å²) in [5.41, 5.74) is 1.28. The Kier molecular flexibility index (Phi) is 4.44. The van der Waals surface area contributed by atoms with Gasteiger partial charge in [0.15, 0.2) is 0 Å². The van der Waals surface area contributed by atoms with E-state index in [1.54, 1.807) is 0 Å². The number of nitrogens with one attached hydrogen (secondary N) is 1. The Labute approximate surface area is 111 Å². The maximum absolute atomic E-state index is 11.8. The molecular weight excluding hydrogens is 242 g/mol. The molecule has 2 aromatic rings. The number of benzene rings is 1. The number of carbonyl (C=O) groups is 1. The number of carbonyl (C=O) groups excluding carboxylic acids is 1. The van der Waals surface area contributed by atoms with E-state index in [9.17, 15) is 4.79 Å². The molecule has 98 valence electrons. The minimum atomic E-state index is -0.241. The van der Waals surface area contributed by atoms with Crippen molar-refractivity contribution in [1.29, 1.82) is 0 Å². The van der Waals surface area contributed by atoms with Gasteiger partial charge < -0.3 is 10.1 Å². The molecule has 0 atom stereocenters. The third-order valence-electron chi connectivity index (χ3n) is 2.46. The first kappa shape index (κ1) is 13.0. The van der Waals surface area contributed by atoms with Crippen molar-refractivity contribution in [3.8, 4) is 5.75 Å². The number of amides is 1. The van der Waals surface area contributed by atoms with Gasteiger partial charge in [-0.1, -0.05) is 12.1 Å². The van der Waals surface area contributed by atoms with Crippen LogP contribution in [0.25, 0.3) is 0 Å². The lowest BCUT2D eigenvalue weighted by molar-refractivity contribution is 0.0945. The molecule has 19 heavy (non-hydrogen) atoms. The first-order chi connectivity index (χ1) is 9.29. The van der Waals surface area contributed by atoms with Gasteiger partial charge in [0, 0.05) is 18.9 Å². The summed E-state index contributed by atoms with van der Waals surface area (Å²) in [4.78, 5) is 19.6. The van der Waals surface area contributed by atoms with Crippen molar-refractivity contribution in [2.45, 2.75) is 13.5 Å². The number of hydrogen-bond acceptors (Lipinski definition) is 4. The number of aromatic nitrogens is 2. The monoisotopic (exact) mass is 257 g/mol. The van der Waals surface area contributed by atoms with E-state index in [4.69, 9.17) is 4.74 Å². The normalized spacial score (nSPS) is 9.95. The molecule has 0 fully saturated rings. The van der Waals surface area contributed by atoms with Gasteiger partial charge in [-0.2, -0.15) is 0 Å². The Bertz CT molecular complexity index is 543. The second-order valence-corrected chi connectivity index (χ2v) is 3.85. The molecule has 2 rings (SSSR count). The Morgan fingerprint density at radius 3 is 3.00 bits per heavy atom. The summed E-state index contributed by atoms with van der Waals surface area (Å²) in [7, 11) is 0. The topological polar surface area (TPSA) is 64.1 Å². The predicted octanol–water partition coefficient (Wildman–Crippen LogP) is 1.81. The largest absolute Gasteiger partial charge is 0.494 e. The van der Waals surface area contributed by atoms with Crippen LogP contribution in [-0.2, 0) is 6.54 Å². The highest BCUT2D eigenvalue weighted by atomic mass is 16.5. The quantitative estimate of drug-likeness (QED) is 0.887. The van der Waals surface area contributed by atoms with Crippen LogP contribution in [0.5, 0.6) is 5.75 Å². The van der Waals surface area contributed by atoms with Crippen molar-refractivity contribution in [3.63, 3.8) is 0 Å². The van der Waals surface area contributed by atoms with Crippen LogP contribution in [0.2, 0.25) is 0 Å². The number of rotatable bonds is 5. The van der Waals surface area contributed by atoms with E-state index in [1.807, 2.05) is 31.2 Å². The van der Waals surface area contributed by atoms with Crippen LogP contribution in [0.15, 0.2) is 42.9 Å². The zero-order valence-corrected chi connectivity index (χ0v) is 10.7. The Hall–Kier alpha value is -2.43. The van der Waals surface area contributed by atoms with Crippen molar-refractivity contribution in [3.05, 3.63) is 54.1 Å². The first-order valence-electron chi connectivity index (χ1n) is 6.05. The standard InChI is InChI=1S/C14H15N3O2/c1-2-19-12-5-3-4-11(8-12)9-17-14(18)13-10-15-6-7-16-13/h3-8,10H,2,9H2,1H3,(H,17,18). The number of nitrogens with zero attached hydrogens (tertiary/aromatic N) is 2. The van der Waals surface area contributed by atoms with Gasteiger partial charge in [0.1, 0.15) is 11.4 Å². The molecular formula is C14H15N3O2. The molecule has 1 heterocycles. The van der Waals surface area contributed by atoms with E-state index < -0.39 is 0 Å². The second kappa shape index (κ2) is 6.49. The molecule has 0 aliphatic heterocycles. The number of ether oxygens (including phenoxy) is 1. The minimum Gasteiger partial charge on any atom is -0.494 e. The van der Waals surface area contributed by atoms with Crippen LogP contribution in [0, 0.1) is 0 Å². The third kappa shape index (κ3) is 3.77. The molecule has 0 radical (unpaired) electrons. The second-order valence-electron chi connectivity index (χ2n) is 3.85. The summed E-state index contributed by atoms with van der Waals surface area (Å²) >= 11 is 0. The molecule has 0 saturated heterocycles. The van der Waals surface area contributed by atoms with Gasteiger partial charge in [-0.25, -0.2) is 4.98 Å². The highest BCUT2D eigenvalue weighted by molar-refractivity contribution is 5.91. The van der Waals surface area contributed by atoms with Crippen LogP contribution in [0.4, 0.5) is 0 Å². The van der Waals surface area contributed by atoms with E-state index in [0.717, 1.165) is 11.3 Å². The maximum atomic E-state index is 11.8. The van der Waals surface area contributed by atoms with E-state index in [1.165, 1.54) is 18.6 Å². The van der Waals surface area contributed by atoms with Crippen LogP contribution >= 0.6 is 0 Å². The maximum Gasteiger partial charge on any atom is 0.271 e. The van der Waals surface area contributed by atoms with Crippen molar-refractivity contribution in [2.24, 2.45) is 0 Å². The first-order valence-corrected chi connectivity index (χ1v) is 6.05. The van der Waals surface area contributed by atoms with Crippen LogP contribution < -0.4 is 10.1 Å². The van der Waals surface area contributed by atoms with Gasteiger partial charge in [0.2, 0.25) is 0 Å². The summed E-state index contributed by atoms with van der Waals surface area (Å²) in [5, 5.41) is 2.79. The Balaban J connectivity index is 1.95. The van der Waals surface area contributed by atoms with Gasteiger partial charge in [0.25, 0.3) is 5.91 Å². The molecule has 0 unspecified atom stereocenters. The van der Waals surface area contributed by atoms with Crippen molar-refractivity contribution in [2.75, 3.05) is 6.61 Å². The molecule has 0 saturated carbocycles. The van der Waals surface area contributed by atoms with Crippen molar-refractivity contribution >= 4 is 5.91 Å². The number of hydrogen-bond donors (Lipinski definition) is 1. The lowest BCUT2D eigenvalue weighted by atomic mass is 10.2. The Morgan fingerprint density at radius 2 is 2.26 bits per heavy atom. The fraction of sp³-hybridized carbons (Fsp3) is 0.214. The Morgan fingerprint density at radius 1 is 1.37 bits per heavy atom. The van der Waals surface area contributed by atoms with Crippen molar-refractivity contribution < 1.29 is 9.53 Å². The van der Waals surface area contributed by atoms with Gasteiger partial charge in [-0.3, -0.25) is 9.78 Å². The molecule has 1 aromatic heterocycles. The molecule has 1 amide bonds. The molecule has 0 aliphatic carbocycles. The lowest BCUT2D eigenvalue weighted by Crippen LogP contribution is -2.23. The van der Waals surface area contributed by atoms with Gasteiger partial charge in [-0.05, 0) is 24.6 Å². The minimum absolute atomic E-state index is 0.241. The molecule has 0 spiro atoms. The molecule has 0 aliphatic rings. The molecule has 0 bridgehead atoms. The highest BCUT2D eigenvalue weighted by Gasteiger charge is 2.06. The zero-order valence-electron chi connectivity index (χ0n) is 10.7. The SMILES string of the molecule is CCOc1cccc(CNC(=O)c2cnccn2)c1. The van der Waals surface area contributed by atoms with Gasteiger partial charge in [-0.15, -0.1) is 0 Å². The summed E-state index contributed by atoms with van der Waals surface area (Å²) in [6.45, 7) is 2.98. The summed E-state index contributed by atoms with van der Waals surface area (Å²) in [6, 6.07) is 7.62. The van der Waals surface area contributed by atoms with Crippen LogP contribution in [0.3, 0.4) is 0 Å². The molecule has 5 heteroatoms. The molecule has 1 aromatic carbocycles. The highest BCUT2D eigenvalue weighted by Crippen LogP contribution is 2.13.